The van der Waals surface area contributed by atoms with E-state index in [2.05, 4.69) is 5.32 Å². The van der Waals surface area contributed by atoms with Crippen LogP contribution in [-0.2, 0) is 11.2 Å². The number of ether oxygens (including phenoxy) is 1. The molecule has 1 aliphatic rings. The molecule has 1 aliphatic heterocycles. The van der Waals surface area contributed by atoms with E-state index in [1.807, 2.05) is 37.1 Å². The Bertz CT molecular complexity index is 479. The van der Waals surface area contributed by atoms with E-state index >= 15 is 0 Å². The van der Waals surface area contributed by atoms with Gasteiger partial charge in [0.1, 0.15) is 5.75 Å². The van der Waals surface area contributed by atoms with E-state index in [0.29, 0.717) is 12.5 Å². The first-order chi connectivity index (χ1) is 9.63. The zero-order valence-electron chi connectivity index (χ0n) is 13.0. The van der Waals surface area contributed by atoms with Crippen LogP contribution in [0, 0.1) is 6.92 Å². The molecule has 1 heterocycles. The summed E-state index contributed by atoms with van der Waals surface area (Å²) in [5.41, 5.74) is 2.11. The number of aryl methyl sites for hydroxylation is 1. The maximum absolute atomic E-state index is 12.4. The van der Waals surface area contributed by atoms with Gasteiger partial charge in [0, 0.05) is 19.1 Å². The molecule has 0 aromatic heterocycles. The topological polar surface area (TPSA) is 41.6 Å². The van der Waals surface area contributed by atoms with Crippen molar-refractivity contribution in [3.63, 3.8) is 0 Å². The molecule has 1 N–H and O–H groups in total. The molecule has 5 heteroatoms. The summed E-state index contributed by atoms with van der Waals surface area (Å²) in [6.07, 6.45) is 2.68. The molecule has 4 nitrogen and oxygen atoms in total. The highest BCUT2D eigenvalue weighted by molar-refractivity contribution is 5.85. The van der Waals surface area contributed by atoms with Gasteiger partial charge in [-0.05, 0) is 44.0 Å². The molecular formula is C16H25ClN2O2. The molecule has 0 aliphatic carbocycles. The fourth-order valence-corrected chi connectivity index (χ4v) is 2.70. The van der Waals surface area contributed by atoms with Crippen LogP contribution in [0.25, 0.3) is 0 Å². The molecule has 0 radical (unpaired) electrons. The Labute approximate surface area is 133 Å². The van der Waals surface area contributed by atoms with Crippen molar-refractivity contribution in [2.24, 2.45) is 0 Å². The zero-order valence-corrected chi connectivity index (χ0v) is 13.8. The number of halogens is 1. The van der Waals surface area contributed by atoms with Crippen molar-refractivity contribution in [1.82, 2.24) is 10.2 Å². The largest absolute Gasteiger partial charge is 0.496 e. The number of benzene rings is 1. The van der Waals surface area contributed by atoms with Crippen LogP contribution in [0.5, 0.6) is 5.75 Å². The van der Waals surface area contributed by atoms with Crippen LogP contribution in [0.4, 0.5) is 0 Å². The molecule has 1 aromatic rings. The normalized spacial score (nSPS) is 18.0. The average molecular weight is 313 g/mol. The standard InChI is InChI=1S/C16H24N2O2.ClH/c1-12-6-7-13(9-15(12)20-3)10-16(19)18-8-4-5-14(11-18)17-2;/h6-7,9,14,17H,4-5,8,10-11H2,1-3H3;1H. The summed E-state index contributed by atoms with van der Waals surface area (Å²) in [4.78, 5) is 14.3. The van der Waals surface area contributed by atoms with E-state index in [1.165, 1.54) is 0 Å². The van der Waals surface area contributed by atoms with Gasteiger partial charge in [0.2, 0.25) is 5.91 Å². The second kappa shape index (κ2) is 8.25. The molecule has 1 saturated heterocycles. The number of piperidine rings is 1. The van der Waals surface area contributed by atoms with E-state index in [0.717, 1.165) is 42.8 Å². The minimum Gasteiger partial charge on any atom is -0.496 e. The lowest BCUT2D eigenvalue weighted by Gasteiger charge is -2.32. The number of hydrogen-bond acceptors (Lipinski definition) is 3. The molecule has 0 spiro atoms. The summed E-state index contributed by atoms with van der Waals surface area (Å²) in [5, 5.41) is 3.26. The lowest BCUT2D eigenvalue weighted by molar-refractivity contribution is -0.131. The highest BCUT2D eigenvalue weighted by Gasteiger charge is 2.22. The zero-order chi connectivity index (χ0) is 14.5. The van der Waals surface area contributed by atoms with Crippen LogP contribution in [0.15, 0.2) is 18.2 Å². The van der Waals surface area contributed by atoms with Gasteiger partial charge in [-0.3, -0.25) is 4.79 Å². The van der Waals surface area contributed by atoms with E-state index < -0.39 is 0 Å². The summed E-state index contributed by atoms with van der Waals surface area (Å²) in [6, 6.07) is 6.41. The lowest BCUT2D eigenvalue weighted by atomic mass is 10.0. The van der Waals surface area contributed by atoms with Crippen LogP contribution in [0.2, 0.25) is 0 Å². The third-order valence-corrected chi connectivity index (χ3v) is 4.01. The Hall–Kier alpha value is -1.26. The number of methoxy groups -OCH3 is 1. The van der Waals surface area contributed by atoms with Crippen molar-refractivity contribution in [3.8, 4) is 5.75 Å². The van der Waals surface area contributed by atoms with Gasteiger partial charge in [-0.15, -0.1) is 12.4 Å². The van der Waals surface area contributed by atoms with E-state index in [-0.39, 0.29) is 18.3 Å². The first kappa shape index (κ1) is 17.8. The highest BCUT2D eigenvalue weighted by atomic mass is 35.5. The summed E-state index contributed by atoms with van der Waals surface area (Å²) in [7, 11) is 3.62. The van der Waals surface area contributed by atoms with Gasteiger partial charge in [-0.25, -0.2) is 0 Å². The maximum Gasteiger partial charge on any atom is 0.227 e. The predicted molar refractivity (Wildman–Crippen MR) is 87.3 cm³/mol. The number of carbonyl (C=O) groups excluding carboxylic acids is 1. The first-order valence-corrected chi connectivity index (χ1v) is 7.22. The highest BCUT2D eigenvalue weighted by Crippen LogP contribution is 2.20. The smallest absolute Gasteiger partial charge is 0.227 e. The van der Waals surface area contributed by atoms with Crippen LogP contribution >= 0.6 is 12.4 Å². The van der Waals surface area contributed by atoms with E-state index in [9.17, 15) is 4.79 Å². The van der Waals surface area contributed by atoms with Gasteiger partial charge in [-0.1, -0.05) is 12.1 Å². The van der Waals surface area contributed by atoms with Crippen molar-refractivity contribution in [3.05, 3.63) is 29.3 Å². The van der Waals surface area contributed by atoms with Crippen molar-refractivity contribution in [2.75, 3.05) is 27.2 Å². The molecule has 1 fully saturated rings. The van der Waals surface area contributed by atoms with Gasteiger partial charge >= 0.3 is 0 Å². The number of nitrogens with one attached hydrogen (secondary N) is 1. The number of rotatable bonds is 4. The van der Waals surface area contributed by atoms with Crippen LogP contribution < -0.4 is 10.1 Å². The number of carbonyl (C=O) groups is 1. The van der Waals surface area contributed by atoms with Crippen LogP contribution in [0.1, 0.15) is 24.0 Å². The van der Waals surface area contributed by atoms with E-state index in [1.54, 1.807) is 7.11 Å². The third kappa shape index (κ3) is 4.61. The molecule has 2 rings (SSSR count). The van der Waals surface area contributed by atoms with Crippen molar-refractivity contribution >= 4 is 18.3 Å². The fraction of sp³-hybridized carbons (Fsp3) is 0.562. The summed E-state index contributed by atoms with van der Waals surface area (Å²) in [5.74, 6) is 1.05. The monoisotopic (exact) mass is 312 g/mol. The summed E-state index contributed by atoms with van der Waals surface area (Å²) < 4.78 is 5.31. The quantitative estimate of drug-likeness (QED) is 0.926. The predicted octanol–water partition coefficient (Wildman–Crippen LogP) is 2.18. The number of hydrogen-bond donors (Lipinski definition) is 1. The Balaban J connectivity index is 0.00000220. The summed E-state index contributed by atoms with van der Waals surface area (Å²) >= 11 is 0. The minimum atomic E-state index is 0. The lowest BCUT2D eigenvalue weighted by Crippen LogP contribution is -2.47. The molecule has 0 saturated carbocycles. The average Bonchev–Trinajstić information content (AvgIpc) is 2.49. The SMILES string of the molecule is CNC1CCCN(C(=O)Cc2ccc(C)c(OC)c2)C1.Cl. The minimum absolute atomic E-state index is 0. The van der Waals surface area contributed by atoms with Crippen LogP contribution in [-0.4, -0.2) is 44.1 Å². The second-order valence-corrected chi connectivity index (χ2v) is 5.45. The summed E-state index contributed by atoms with van der Waals surface area (Å²) in [6.45, 7) is 3.70. The first-order valence-electron chi connectivity index (χ1n) is 7.22. The molecule has 1 amide bonds. The van der Waals surface area contributed by atoms with Gasteiger partial charge in [0.25, 0.3) is 0 Å². The molecule has 1 aromatic carbocycles. The Morgan fingerprint density at radius 1 is 1.48 bits per heavy atom. The van der Waals surface area contributed by atoms with Gasteiger partial charge in [-0.2, -0.15) is 0 Å². The number of amides is 1. The molecule has 21 heavy (non-hydrogen) atoms. The molecule has 1 unspecified atom stereocenters. The number of likely N-dealkylation sites (tertiary alicyclic amines) is 1. The molecule has 118 valence electrons. The van der Waals surface area contributed by atoms with Gasteiger partial charge in [0.15, 0.2) is 0 Å². The molecule has 1 atom stereocenters. The fourth-order valence-electron chi connectivity index (χ4n) is 2.70. The van der Waals surface area contributed by atoms with Crippen molar-refractivity contribution in [2.45, 2.75) is 32.2 Å². The van der Waals surface area contributed by atoms with Crippen LogP contribution in [0.3, 0.4) is 0 Å². The van der Waals surface area contributed by atoms with Gasteiger partial charge < -0.3 is 15.0 Å². The van der Waals surface area contributed by atoms with Gasteiger partial charge in [0.05, 0.1) is 13.5 Å². The number of nitrogens with zero attached hydrogens (tertiary/aromatic N) is 1. The Morgan fingerprint density at radius 2 is 2.24 bits per heavy atom. The second-order valence-electron chi connectivity index (χ2n) is 5.45. The maximum atomic E-state index is 12.4. The Kier molecular flexibility index (Phi) is 6.99. The number of likely N-dealkylation sites (N-methyl/N-ethyl adjacent to an activating group) is 1. The third-order valence-electron chi connectivity index (χ3n) is 4.01. The van der Waals surface area contributed by atoms with Crippen molar-refractivity contribution in [1.29, 1.82) is 0 Å². The Morgan fingerprint density at radius 3 is 2.90 bits per heavy atom. The molecular weight excluding hydrogens is 288 g/mol. The molecule has 0 bridgehead atoms. The van der Waals surface area contributed by atoms with Crippen molar-refractivity contribution < 1.29 is 9.53 Å². The van der Waals surface area contributed by atoms with E-state index in [4.69, 9.17) is 4.74 Å².